The third-order valence-corrected chi connectivity index (χ3v) is 10.0. The smallest absolute Gasteiger partial charge is 0.136 e. The summed E-state index contributed by atoms with van der Waals surface area (Å²) < 4.78 is 6.63. The van der Waals surface area contributed by atoms with Gasteiger partial charge in [-0.15, -0.1) is 0 Å². The van der Waals surface area contributed by atoms with Gasteiger partial charge in [0.25, 0.3) is 0 Å². The van der Waals surface area contributed by atoms with Gasteiger partial charge in [0.15, 0.2) is 0 Å². The normalized spacial score (nSPS) is 11.7. The van der Waals surface area contributed by atoms with Crippen LogP contribution in [0.15, 0.2) is 186 Å². The maximum atomic E-state index is 6.63. The highest BCUT2D eigenvalue weighted by Crippen LogP contribution is 2.48. The van der Waals surface area contributed by atoms with Crippen LogP contribution in [0, 0.1) is 0 Å². The summed E-state index contributed by atoms with van der Waals surface area (Å²) in [6, 6.07) is 65.8. The Labute approximate surface area is 284 Å². The first-order valence-electron chi connectivity index (χ1n) is 16.8. The molecule has 0 aliphatic rings. The lowest BCUT2D eigenvalue weighted by Gasteiger charge is -2.19. The lowest BCUT2D eigenvalue weighted by molar-refractivity contribution is 0.669. The molecule has 0 N–H and O–H groups in total. The molecule has 228 valence electrons. The highest BCUT2D eigenvalue weighted by Gasteiger charge is 2.21. The summed E-state index contributed by atoms with van der Waals surface area (Å²) >= 11 is 0. The molecular weight excluding hydrogens is 593 g/mol. The zero-order chi connectivity index (χ0) is 32.3. The molecular formula is C48H30O. The van der Waals surface area contributed by atoms with Crippen molar-refractivity contribution in [3.63, 3.8) is 0 Å². The van der Waals surface area contributed by atoms with Gasteiger partial charge in [-0.3, -0.25) is 0 Å². The molecule has 10 aromatic rings. The van der Waals surface area contributed by atoms with Crippen LogP contribution in [-0.4, -0.2) is 0 Å². The van der Waals surface area contributed by atoms with Gasteiger partial charge < -0.3 is 4.42 Å². The van der Waals surface area contributed by atoms with Crippen molar-refractivity contribution < 1.29 is 4.42 Å². The summed E-state index contributed by atoms with van der Waals surface area (Å²) in [6.45, 7) is 0. The number of benzene rings is 9. The van der Waals surface area contributed by atoms with Crippen molar-refractivity contribution in [3.8, 4) is 44.5 Å². The average molecular weight is 623 g/mol. The Morgan fingerprint density at radius 3 is 1.53 bits per heavy atom. The van der Waals surface area contributed by atoms with Crippen LogP contribution >= 0.6 is 0 Å². The van der Waals surface area contributed by atoms with E-state index in [0.717, 1.165) is 27.5 Å². The van der Waals surface area contributed by atoms with Gasteiger partial charge in [-0.05, 0) is 101 Å². The number of fused-ring (bicyclic) bond motifs is 6. The molecule has 0 atom stereocenters. The first-order chi connectivity index (χ1) is 24.3. The second kappa shape index (κ2) is 11.1. The van der Waals surface area contributed by atoms with Crippen LogP contribution in [-0.2, 0) is 0 Å². The van der Waals surface area contributed by atoms with E-state index in [9.17, 15) is 0 Å². The van der Waals surface area contributed by atoms with Crippen LogP contribution in [0.3, 0.4) is 0 Å². The molecule has 0 saturated carbocycles. The Hall–Kier alpha value is -6.44. The number of para-hydroxylation sites is 1. The first-order valence-corrected chi connectivity index (χ1v) is 16.8. The minimum Gasteiger partial charge on any atom is -0.456 e. The molecule has 0 aliphatic carbocycles. The molecule has 0 fully saturated rings. The molecule has 1 heterocycles. The average Bonchev–Trinajstić information content (AvgIpc) is 3.56. The highest BCUT2D eigenvalue weighted by molar-refractivity contribution is 6.26. The summed E-state index contributed by atoms with van der Waals surface area (Å²) in [7, 11) is 0. The largest absolute Gasteiger partial charge is 0.456 e. The predicted octanol–water partition coefficient (Wildman–Crippen LogP) is 13.7. The van der Waals surface area contributed by atoms with Gasteiger partial charge in [0, 0.05) is 10.8 Å². The fourth-order valence-corrected chi connectivity index (χ4v) is 7.78. The minimum atomic E-state index is 0.899. The lowest BCUT2D eigenvalue weighted by Crippen LogP contribution is -1.92. The molecule has 49 heavy (non-hydrogen) atoms. The van der Waals surface area contributed by atoms with Crippen LogP contribution in [0.2, 0.25) is 0 Å². The monoisotopic (exact) mass is 622 g/mol. The molecule has 0 aliphatic heterocycles. The quantitative estimate of drug-likeness (QED) is 0.178. The van der Waals surface area contributed by atoms with Crippen molar-refractivity contribution in [3.05, 3.63) is 182 Å². The molecule has 9 aromatic carbocycles. The Kier molecular flexibility index (Phi) is 6.25. The van der Waals surface area contributed by atoms with Crippen molar-refractivity contribution in [1.82, 2.24) is 0 Å². The number of hydrogen-bond acceptors (Lipinski definition) is 1. The molecule has 0 unspecified atom stereocenters. The van der Waals surface area contributed by atoms with E-state index in [-0.39, 0.29) is 0 Å². The van der Waals surface area contributed by atoms with Crippen molar-refractivity contribution in [2.24, 2.45) is 0 Å². The summed E-state index contributed by atoms with van der Waals surface area (Å²) in [5.41, 5.74) is 11.4. The van der Waals surface area contributed by atoms with Gasteiger partial charge in [-0.1, -0.05) is 158 Å². The molecule has 0 saturated heterocycles. The molecule has 1 nitrogen and oxygen atoms in total. The molecule has 0 bridgehead atoms. The maximum absolute atomic E-state index is 6.63. The topological polar surface area (TPSA) is 13.1 Å². The third kappa shape index (κ3) is 4.47. The third-order valence-electron chi connectivity index (χ3n) is 10.0. The zero-order valence-electron chi connectivity index (χ0n) is 26.7. The Balaban J connectivity index is 1.28. The van der Waals surface area contributed by atoms with E-state index >= 15 is 0 Å². The van der Waals surface area contributed by atoms with Gasteiger partial charge in [0.1, 0.15) is 11.2 Å². The lowest BCUT2D eigenvalue weighted by atomic mass is 9.84. The molecule has 10 rings (SSSR count). The number of furan rings is 1. The minimum absolute atomic E-state index is 0.899. The van der Waals surface area contributed by atoms with Crippen molar-refractivity contribution in [1.29, 1.82) is 0 Å². The molecule has 1 heteroatoms. The van der Waals surface area contributed by atoms with E-state index in [2.05, 4.69) is 182 Å². The van der Waals surface area contributed by atoms with Crippen molar-refractivity contribution in [2.45, 2.75) is 0 Å². The number of rotatable bonds is 4. The van der Waals surface area contributed by atoms with Gasteiger partial charge in [0.2, 0.25) is 0 Å². The van der Waals surface area contributed by atoms with Gasteiger partial charge in [-0.25, -0.2) is 0 Å². The molecule has 1 aromatic heterocycles. The van der Waals surface area contributed by atoms with E-state index < -0.39 is 0 Å². The zero-order valence-corrected chi connectivity index (χ0v) is 26.7. The van der Waals surface area contributed by atoms with Gasteiger partial charge >= 0.3 is 0 Å². The Morgan fingerprint density at radius 1 is 0.286 bits per heavy atom. The highest BCUT2D eigenvalue weighted by atomic mass is 16.3. The second-order valence-corrected chi connectivity index (χ2v) is 12.8. The molecule has 0 radical (unpaired) electrons. The fraction of sp³-hybridized carbons (Fsp3) is 0. The maximum Gasteiger partial charge on any atom is 0.136 e. The van der Waals surface area contributed by atoms with Crippen LogP contribution in [0.25, 0.3) is 98.8 Å². The van der Waals surface area contributed by atoms with Gasteiger partial charge in [0.05, 0.1) is 0 Å². The Morgan fingerprint density at radius 2 is 0.816 bits per heavy atom. The van der Waals surface area contributed by atoms with E-state index in [1.54, 1.807) is 0 Å². The van der Waals surface area contributed by atoms with E-state index in [1.165, 1.54) is 71.3 Å². The van der Waals surface area contributed by atoms with Crippen molar-refractivity contribution in [2.75, 3.05) is 0 Å². The van der Waals surface area contributed by atoms with E-state index in [0.29, 0.717) is 0 Å². The summed E-state index contributed by atoms with van der Waals surface area (Å²) in [4.78, 5) is 0. The van der Waals surface area contributed by atoms with E-state index in [1.807, 2.05) is 0 Å². The first kappa shape index (κ1) is 27.7. The summed E-state index contributed by atoms with van der Waals surface area (Å²) in [6.07, 6.45) is 0. The predicted molar refractivity (Wildman–Crippen MR) is 208 cm³/mol. The van der Waals surface area contributed by atoms with Crippen LogP contribution in [0.1, 0.15) is 0 Å². The summed E-state index contributed by atoms with van der Waals surface area (Å²) in [5, 5.41) is 9.67. The fourth-order valence-electron chi connectivity index (χ4n) is 7.78. The molecule has 0 amide bonds. The van der Waals surface area contributed by atoms with Crippen molar-refractivity contribution >= 4 is 54.3 Å². The number of hydrogen-bond donors (Lipinski definition) is 0. The molecule has 0 spiro atoms. The van der Waals surface area contributed by atoms with E-state index in [4.69, 9.17) is 4.42 Å². The van der Waals surface area contributed by atoms with Crippen LogP contribution < -0.4 is 0 Å². The Bertz CT molecular complexity index is 2800. The van der Waals surface area contributed by atoms with Gasteiger partial charge in [-0.2, -0.15) is 0 Å². The standard InChI is InChI=1S/C48H30O/c1-2-12-31(13-3-1)33-22-25-34(26-23-33)46-38-16-6-8-18-40(38)47(41-19-9-7-17-39(41)46)43-29-37(36-27-24-32-14-4-5-15-35(32)28-36)30-45-48(43)42-20-10-11-21-44(42)49-45/h1-30H. The van der Waals surface area contributed by atoms with Crippen LogP contribution in [0.4, 0.5) is 0 Å². The summed E-state index contributed by atoms with van der Waals surface area (Å²) in [5.74, 6) is 0. The SMILES string of the molecule is c1ccc(-c2ccc(-c3c4ccccc4c(-c4cc(-c5ccc6ccccc6c5)cc5oc6ccccc6c45)c4ccccc34)cc2)cc1. The second-order valence-electron chi connectivity index (χ2n) is 12.8. The van der Waals surface area contributed by atoms with Crippen LogP contribution in [0.5, 0.6) is 0 Å².